The van der Waals surface area contributed by atoms with E-state index in [-0.39, 0.29) is 17.1 Å². The molecule has 0 atom stereocenters. The Labute approximate surface area is 132 Å². The van der Waals surface area contributed by atoms with Crippen molar-refractivity contribution in [2.75, 3.05) is 12.4 Å². The minimum atomic E-state index is -1.11. The Bertz CT molecular complexity index is 805. The summed E-state index contributed by atoms with van der Waals surface area (Å²) in [4.78, 5) is 23.4. The third-order valence-corrected chi connectivity index (χ3v) is 3.45. The molecule has 5 nitrogen and oxygen atoms in total. The zero-order valence-corrected chi connectivity index (χ0v) is 13.2. The van der Waals surface area contributed by atoms with Crippen LogP contribution >= 0.6 is 15.9 Å². The van der Waals surface area contributed by atoms with E-state index in [1.807, 2.05) is 0 Å². The molecule has 0 fully saturated rings. The van der Waals surface area contributed by atoms with E-state index < -0.39 is 23.2 Å². The molecule has 2 aromatic rings. The van der Waals surface area contributed by atoms with Crippen molar-refractivity contribution in [3.63, 3.8) is 0 Å². The fraction of sp³-hybridized carbons (Fsp3) is 0.143. The number of carbonyl (C=O) groups is 1. The lowest BCUT2D eigenvalue weighted by molar-refractivity contribution is 0.0600. The number of carbonyl (C=O) groups excluding carboxylic acids is 1. The molecule has 0 saturated heterocycles. The van der Waals surface area contributed by atoms with Crippen molar-refractivity contribution in [2.45, 2.75) is 0 Å². The molecule has 0 spiro atoms. The van der Waals surface area contributed by atoms with Crippen molar-refractivity contribution in [1.29, 1.82) is 0 Å². The Kier molecular flexibility index (Phi) is 4.60. The van der Waals surface area contributed by atoms with Gasteiger partial charge in [0.15, 0.2) is 5.82 Å². The lowest BCUT2D eigenvalue weighted by Crippen LogP contribution is -2.25. The molecular weight excluding hydrogens is 362 g/mol. The predicted molar refractivity (Wildman–Crippen MR) is 80.4 cm³/mol. The lowest BCUT2D eigenvalue weighted by Gasteiger charge is -2.15. The Hall–Kier alpha value is -2.22. The molecule has 0 radical (unpaired) electrons. The van der Waals surface area contributed by atoms with Gasteiger partial charge in [0.2, 0.25) is 0 Å². The smallest absolute Gasteiger partial charge is 0.341 e. The molecule has 0 unspecified atom stereocenters. The molecule has 8 heteroatoms. The maximum Gasteiger partial charge on any atom is 0.341 e. The zero-order valence-electron chi connectivity index (χ0n) is 11.6. The summed E-state index contributed by atoms with van der Waals surface area (Å²) < 4.78 is 33.4. The van der Waals surface area contributed by atoms with Gasteiger partial charge >= 0.3 is 5.97 Å². The topological polar surface area (TPSA) is 60.3 Å². The summed E-state index contributed by atoms with van der Waals surface area (Å²) >= 11 is 3.12. The first-order valence-corrected chi connectivity index (χ1v) is 6.84. The maximum atomic E-state index is 13.9. The first-order valence-electron chi connectivity index (χ1n) is 6.05. The molecule has 2 rings (SSSR count). The summed E-state index contributed by atoms with van der Waals surface area (Å²) in [5.41, 5.74) is -1.15. The molecule has 0 bridgehead atoms. The number of methoxy groups -OCH3 is 1. The largest absolute Gasteiger partial charge is 0.465 e. The van der Waals surface area contributed by atoms with Gasteiger partial charge in [0, 0.05) is 11.5 Å². The fourth-order valence-corrected chi connectivity index (χ4v) is 2.17. The Morgan fingerprint density at radius 3 is 2.55 bits per heavy atom. The number of rotatable bonds is 3. The van der Waals surface area contributed by atoms with E-state index in [1.54, 1.807) is 6.07 Å². The molecule has 0 aliphatic heterocycles. The van der Waals surface area contributed by atoms with Crippen LogP contribution in [0.25, 0.3) is 0 Å². The van der Waals surface area contributed by atoms with Gasteiger partial charge in [-0.2, -0.15) is 0 Å². The summed E-state index contributed by atoms with van der Waals surface area (Å²) in [6.45, 7) is 0. The van der Waals surface area contributed by atoms with Crippen LogP contribution in [0.1, 0.15) is 10.4 Å². The van der Waals surface area contributed by atoms with Crippen LogP contribution in [-0.2, 0) is 11.8 Å². The molecule has 0 saturated carbocycles. The van der Waals surface area contributed by atoms with Crippen LogP contribution in [0.2, 0.25) is 0 Å². The van der Waals surface area contributed by atoms with Crippen LogP contribution in [0.15, 0.2) is 33.5 Å². The second-order valence-corrected chi connectivity index (χ2v) is 5.28. The van der Waals surface area contributed by atoms with Crippen LogP contribution in [0.3, 0.4) is 0 Å². The van der Waals surface area contributed by atoms with E-state index in [4.69, 9.17) is 0 Å². The first-order chi connectivity index (χ1) is 10.3. The van der Waals surface area contributed by atoms with Crippen molar-refractivity contribution in [3.05, 3.63) is 56.3 Å². The third kappa shape index (κ3) is 3.01. The third-order valence-electron chi connectivity index (χ3n) is 2.96. The van der Waals surface area contributed by atoms with Crippen molar-refractivity contribution < 1.29 is 18.3 Å². The van der Waals surface area contributed by atoms with Gasteiger partial charge in [-0.05, 0) is 24.3 Å². The number of halogens is 3. The van der Waals surface area contributed by atoms with Gasteiger partial charge in [-0.1, -0.05) is 15.9 Å². The Morgan fingerprint density at radius 2 is 1.95 bits per heavy atom. The number of ether oxygens (including phenoxy) is 1. The average molecular weight is 373 g/mol. The molecule has 1 aromatic heterocycles. The Morgan fingerprint density at radius 1 is 1.27 bits per heavy atom. The van der Waals surface area contributed by atoms with Crippen LogP contribution in [0, 0.1) is 11.6 Å². The quantitative estimate of drug-likeness (QED) is 0.841. The molecule has 1 N–H and O–H groups in total. The second kappa shape index (κ2) is 6.27. The second-order valence-electron chi connectivity index (χ2n) is 4.36. The molecule has 116 valence electrons. The van der Waals surface area contributed by atoms with Crippen LogP contribution in [0.5, 0.6) is 0 Å². The summed E-state index contributed by atoms with van der Waals surface area (Å²) in [6, 6.07) is 4.95. The highest BCUT2D eigenvalue weighted by Crippen LogP contribution is 2.25. The standard InChI is InChI=1S/C14H11BrF2N2O3/c1-19-12(18-11-4-3-7(15)5-9(11)16)8(14(21)22-2)6-10(17)13(19)20/h3-6,18H,1-2H3. The molecule has 1 aromatic carbocycles. The number of esters is 1. The van der Waals surface area contributed by atoms with Crippen molar-refractivity contribution in [3.8, 4) is 0 Å². The van der Waals surface area contributed by atoms with Crippen LogP contribution in [0.4, 0.5) is 20.3 Å². The van der Waals surface area contributed by atoms with E-state index in [1.165, 1.54) is 19.2 Å². The number of nitrogens with zero attached hydrogens (tertiary/aromatic N) is 1. The van der Waals surface area contributed by atoms with Gasteiger partial charge in [0.25, 0.3) is 5.56 Å². The number of benzene rings is 1. The van der Waals surface area contributed by atoms with Gasteiger partial charge in [-0.3, -0.25) is 9.36 Å². The van der Waals surface area contributed by atoms with Crippen LogP contribution in [-0.4, -0.2) is 17.6 Å². The lowest BCUT2D eigenvalue weighted by atomic mass is 10.2. The average Bonchev–Trinajstić information content (AvgIpc) is 2.49. The number of hydrogen-bond acceptors (Lipinski definition) is 4. The first kappa shape index (κ1) is 16.2. The summed E-state index contributed by atoms with van der Waals surface area (Å²) in [5.74, 6) is -2.64. The van der Waals surface area contributed by atoms with Gasteiger partial charge in [0.05, 0.1) is 12.8 Å². The highest BCUT2D eigenvalue weighted by Gasteiger charge is 2.20. The molecule has 0 aliphatic carbocycles. The fourth-order valence-electron chi connectivity index (χ4n) is 1.83. The maximum absolute atomic E-state index is 13.9. The van der Waals surface area contributed by atoms with Crippen LogP contribution < -0.4 is 10.9 Å². The number of nitrogens with one attached hydrogen (secondary N) is 1. The molecule has 1 heterocycles. The number of hydrogen-bond donors (Lipinski definition) is 1. The molecule has 0 aliphatic rings. The Balaban J connectivity index is 2.60. The number of pyridine rings is 1. The minimum absolute atomic E-state index is 0.0231. The van der Waals surface area contributed by atoms with E-state index in [2.05, 4.69) is 26.0 Å². The highest BCUT2D eigenvalue weighted by atomic mass is 79.9. The predicted octanol–water partition coefficient (Wildman–Crippen LogP) is 2.96. The molecule has 0 amide bonds. The van der Waals surface area contributed by atoms with E-state index in [0.29, 0.717) is 4.47 Å². The highest BCUT2D eigenvalue weighted by molar-refractivity contribution is 9.10. The summed E-state index contributed by atoms with van der Waals surface area (Å²) in [7, 11) is 2.38. The zero-order chi connectivity index (χ0) is 16.4. The summed E-state index contributed by atoms with van der Waals surface area (Å²) in [5, 5.41) is 2.62. The van der Waals surface area contributed by atoms with Crippen molar-refractivity contribution in [2.24, 2.45) is 7.05 Å². The van der Waals surface area contributed by atoms with E-state index in [9.17, 15) is 18.4 Å². The molecule has 22 heavy (non-hydrogen) atoms. The SMILES string of the molecule is COC(=O)c1cc(F)c(=O)n(C)c1Nc1ccc(Br)cc1F. The van der Waals surface area contributed by atoms with E-state index >= 15 is 0 Å². The van der Waals surface area contributed by atoms with Gasteiger partial charge < -0.3 is 10.1 Å². The summed E-state index contributed by atoms with van der Waals surface area (Å²) in [6.07, 6.45) is 0. The normalized spacial score (nSPS) is 10.4. The van der Waals surface area contributed by atoms with Gasteiger partial charge in [0.1, 0.15) is 17.2 Å². The molecular formula is C14H11BrF2N2O3. The van der Waals surface area contributed by atoms with Gasteiger partial charge in [-0.15, -0.1) is 0 Å². The van der Waals surface area contributed by atoms with Crippen molar-refractivity contribution in [1.82, 2.24) is 4.57 Å². The van der Waals surface area contributed by atoms with Gasteiger partial charge in [-0.25, -0.2) is 13.6 Å². The number of aromatic nitrogens is 1. The number of anilines is 2. The van der Waals surface area contributed by atoms with E-state index in [0.717, 1.165) is 17.7 Å². The van der Waals surface area contributed by atoms with Crippen molar-refractivity contribution >= 4 is 33.4 Å². The minimum Gasteiger partial charge on any atom is -0.465 e. The monoisotopic (exact) mass is 372 g/mol.